The van der Waals surface area contributed by atoms with Gasteiger partial charge >= 0.3 is 6.18 Å². The second-order valence-corrected chi connectivity index (χ2v) is 6.92. The highest BCUT2D eigenvalue weighted by molar-refractivity contribution is 8.00. The van der Waals surface area contributed by atoms with Gasteiger partial charge in [0.2, 0.25) is 11.7 Å². The van der Waals surface area contributed by atoms with Gasteiger partial charge in [0.05, 0.1) is 17.5 Å². The molecule has 0 aliphatic carbocycles. The number of benzene rings is 1. The fourth-order valence-electron chi connectivity index (χ4n) is 2.42. The number of para-hydroxylation sites is 1. The monoisotopic (exact) mass is 395 g/mol. The SMILES string of the molecule is CC(C)n1nccc1NC(=O)CSc1nc(C(F)(F)F)nc2ccccc12. The molecule has 0 spiro atoms. The average molecular weight is 395 g/mol. The fourth-order valence-corrected chi connectivity index (χ4v) is 3.24. The van der Waals surface area contributed by atoms with E-state index < -0.39 is 12.0 Å². The summed E-state index contributed by atoms with van der Waals surface area (Å²) in [6.07, 6.45) is -3.10. The zero-order chi connectivity index (χ0) is 19.6. The molecule has 0 aliphatic rings. The molecule has 1 N–H and O–H groups in total. The predicted molar refractivity (Wildman–Crippen MR) is 96.5 cm³/mol. The number of nitrogens with one attached hydrogen (secondary N) is 1. The molecule has 6 nitrogen and oxygen atoms in total. The van der Waals surface area contributed by atoms with E-state index in [9.17, 15) is 18.0 Å². The summed E-state index contributed by atoms with van der Waals surface area (Å²) in [5, 5.41) is 7.41. The maximum atomic E-state index is 13.0. The first-order chi connectivity index (χ1) is 12.8. The number of nitrogens with zero attached hydrogens (tertiary/aromatic N) is 4. The van der Waals surface area contributed by atoms with Crippen molar-refractivity contribution in [3.05, 3.63) is 42.4 Å². The van der Waals surface area contributed by atoms with Crippen molar-refractivity contribution in [3.63, 3.8) is 0 Å². The van der Waals surface area contributed by atoms with E-state index in [1.165, 1.54) is 6.07 Å². The largest absolute Gasteiger partial charge is 0.451 e. The molecule has 1 amide bonds. The fraction of sp³-hybridized carbons (Fsp3) is 0.294. The smallest absolute Gasteiger partial charge is 0.310 e. The van der Waals surface area contributed by atoms with Gasteiger partial charge in [-0.1, -0.05) is 30.0 Å². The van der Waals surface area contributed by atoms with E-state index in [2.05, 4.69) is 20.4 Å². The number of hydrogen-bond donors (Lipinski definition) is 1. The van der Waals surface area contributed by atoms with Crippen LogP contribution < -0.4 is 5.32 Å². The topological polar surface area (TPSA) is 72.7 Å². The first-order valence-corrected chi connectivity index (χ1v) is 9.04. The Kier molecular flexibility index (Phi) is 5.36. The summed E-state index contributed by atoms with van der Waals surface area (Å²) in [5.41, 5.74) is 0.181. The van der Waals surface area contributed by atoms with E-state index in [-0.39, 0.29) is 28.2 Å². The predicted octanol–water partition coefficient (Wildman–Crippen LogP) is 4.16. The van der Waals surface area contributed by atoms with Crippen LogP contribution in [0.1, 0.15) is 25.7 Å². The molecule has 27 heavy (non-hydrogen) atoms. The number of fused-ring (bicyclic) bond motifs is 1. The Morgan fingerprint density at radius 1 is 1.22 bits per heavy atom. The van der Waals surface area contributed by atoms with E-state index >= 15 is 0 Å². The van der Waals surface area contributed by atoms with Crippen LogP contribution in [-0.2, 0) is 11.0 Å². The molecule has 10 heteroatoms. The summed E-state index contributed by atoms with van der Waals surface area (Å²) in [4.78, 5) is 19.4. The summed E-state index contributed by atoms with van der Waals surface area (Å²) in [7, 11) is 0. The number of anilines is 1. The molecular weight excluding hydrogens is 379 g/mol. The third-order valence-electron chi connectivity index (χ3n) is 3.59. The Bertz CT molecular complexity index is 971. The summed E-state index contributed by atoms with van der Waals surface area (Å²) in [6, 6.07) is 8.11. The van der Waals surface area contributed by atoms with Crippen LogP contribution in [0, 0.1) is 0 Å². The lowest BCUT2D eigenvalue weighted by Gasteiger charge is -2.12. The van der Waals surface area contributed by atoms with Crippen LogP contribution in [0.5, 0.6) is 0 Å². The lowest BCUT2D eigenvalue weighted by molar-refractivity contribution is -0.145. The van der Waals surface area contributed by atoms with Crippen molar-refractivity contribution < 1.29 is 18.0 Å². The number of carbonyl (C=O) groups excluding carboxylic acids is 1. The van der Waals surface area contributed by atoms with Crippen molar-refractivity contribution in [1.29, 1.82) is 0 Å². The van der Waals surface area contributed by atoms with Gasteiger partial charge in [0, 0.05) is 17.5 Å². The third kappa shape index (κ3) is 4.38. The highest BCUT2D eigenvalue weighted by Gasteiger charge is 2.35. The number of hydrogen-bond acceptors (Lipinski definition) is 5. The van der Waals surface area contributed by atoms with Crippen molar-refractivity contribution in [3.8, 4) is 0 Å². The van der Waals surface area contributed by atoms with Gasteiger partial charge in [0.15, 0.2) is 0 Å². The number of carbonyl (C=O) groups is 1. The summed E-state index contributed by atoms with van der Waals surface area (Å²) in [5.74, 6) is -1.15. The zero-order valence-electron chi connectivity index (χ0n) is 14.5. The van der Waals surface area contributed by atoms with Crippen LogP contribution in [0.25, 0.3) is 10.9 Å². The second kappa shape index (κ2) is 7.55. The number of rotatable bonds is 5. The molecule has 142 valence electrons. The first kappa shape index (κ1) is 19.2. The van der Waals surface area contributed by atoms with Crippen LogP contribution in [-0.4, -0.2) is 31.4 Å². The molecule has 0 aliphatic heterocycles. The van der Waals surface area contributed by atoms with Crippen LogP contribution in [0.15, 0.2) is 41.6 Å². The number of amides is 1. The molecule has 0 saturated carbocycles. The lowest BCUT2D eigenvalue weighted by Crippen LogP contribution is -2.18. The molecule has 0 fully saturated rings. The lowest BCUT2D eigenvalue weighted by atomic mass is 10.2. The molecule has 0 saturated heterocycles. The number of aromatic nitrogens is 4. The minimum absolute atomic E-state index is 0.0584. The molecule has 0 radical (unpaired) electrons. The van der Waals surface area contributed by atoms with Crippen molar-refractivity contribution >= 4 is 34.4 Å². The van der Waals surface area contributed by atoms with Gasteiger partial charge in [-0.2, -0.15) is 18.3 Å². The molecule has 2 heterocycles. The molecule has 3 rings (SSSR count). The standard InChI is InChI=1S/C17H16F3N5OS/c1-10(2)25-13(7-8-21-25)23-14(26)9-27-15-11-5-3-4-6-12(11)22-16(24-15)17(18,19)20/h3-8,10H,9H2,1-2H3,(H,23,26). The summed E-state index contributed by atoms with van der Waals surface area (Å²) >= 11 is 0.932. The third-order valence-corrected chi connectivity index (χ3v) is 4.58. The van der Waals surface area contributed by atoms with Crippen LogP contribution >= 0.6 is 11.8 Å². The van der Waals surface area contributed by atoms with Crippen molar-refractivity contribution in [1.82, 2.24) is 19.7 Å². The molecule has 0 bridgehead atoms. The van der Waals surface area contributed by atoms with Gasteiger partial charge < -0.3 is 5.32 Å². The molecule has 0 unspecified atom stereocenters. The van der Waals surface area contributed by atoms with Crippen LogP contribution in [0.4, 0.5) is 19.0 Å². The van der Waals surface area contributed by atoms with Crippen LogP contribution in [0.2, 0.25) is 0 Å². The summed E-state index contributed by atoms with van der Waals surface area (Å²) in [6.45, 7) is 3.84. The maximum absolute atomic E-state index is 13.0. The van der Waals surface area contributed by atoms with Gasteiger partial charge in [-0.05, 0) is 19.9 Å². The number of thioether (sulfide) groups is 1. The minimum atomic E-state index is -4.66. The van der Waals surface area contributed by atoms with Crippen molar-refractivity contribution in [2.24, 2.45) is 0 Å². The van der Waals surface area contributed by atoms with Gasteiger partial charge in [0.1, 0.15) is 10.8 Å². The van der Waals surface area contributed by atoms with Gasteiger partial charge in [-0.3, -0.25) is 4.79 Å². The summed E-state index contributed by atoms with van der Waals surface area (Å²) < 4.78 is 40.8. The van der Waals surface area contributed by atoms with Crippen LogP contribution in [0.3, 0.4) is 0 Å². The molecule has 2 aromatic heterocycles. The van der Waals surface area contributed by atoms with Crippen molar-refractivity contribution in [2.75, 3.05) is 11.1 Å². The molecule has 1 aromatic carbocycles. The molecule has 3 aromatic rings. The highest BCUT2D eigenvalue weighted by atomic mass is 32.2. The normalized spacial score (nSPS) is 11.9. The van der Waals surface area contributed by atoms with E-state index in [0.29, 0.717) is 11.2 Å². The minimum Gasteiger partial charge on any atom is -0.310 e. The zero-order valence-corrected chi connectivity index (χ0v) is 15.3. The Hall–Kier alpha value is -2.62. The van der Waals surface area contributed by atoms with Gasteiger partial charge in [-0.25, -0.2) is 14.6 Å². The number of halogens is 3. The van der Waals surface area contributed by atoms with E-state index in [1.54, 1.807) is 35.1 Å². The van der Waals surface area contributed by atoms with Crippen molar-refractivity contribution in [2.45, 2.75) is 31.1 Å². The first-order valence-electron chi connectivity index (χ1n) is 8.06. The highest BCUT2D eigenvalue weighted by Crippen LogP contribution is 2.32. The quantitative estimate of drug-likeness (QED) is 0.519. The maximum Gasteiger partial charge on any atom is 0.451 e. The van der Waals surface area contributed by atoms with E-state index in [1.807, 2.05) is 13.8 Å². The Balaban J connectivity index is 1.80. The van der Waals surface area contributed by atoms with E-state index in [0.717, 1.165) is 11.8 Å². The van der Waals surface area contributed by atoms with E-state index in [4.69, 9.17) is 0 Å². The number of alkyl halides is 3. The average Bonchev–Trinajstić information content (AvgIpc) is 3.07. The Morgan fingerprint density at radius 3 is 2.67 bits per heavy atom. The van der Waals surface area contributed by atoms with Gasteiger partial charge in [-0.15, -0.1) is 0 Å². The Labute approximate surface area is 157 Å². The second-order valence-electron chi connectivity index (χ2n) is 5.96. The molecule has 0 atom stereocenters. The molecular formula is C17H16F3N5OS. The Morgan fingerprint density at radius 2 is 1.96 bits per heavy atom. The van der Waals surface area contributed by atoms with Gasteiger partial charge in [0.25, 0.3) is 0 Å².